The molecule has 0 saturated carbocycles. The largest absolute Gasteiger partial charge is 0.508 e. The number of carboxylic acids is 1. The number of amides is 7. The first kappa shape index (κ1) is 57.3. The number of rotatable bonds is 8. The second-order valence-electron chi connectivity index (χ2n) is 19.5. The molecule has 25 nitrogen and oxygen atoms in total. The van der Waals surface area contributed by atoms with Crippen molar-refractivity contribution in [1.82, 2.24) is 31.9 Å². The van der Waals surface area contributed by atoms with Gasteiger partial charge in [0.15, 0.2) is 23.6 Å². The summed E-state index contributed by atoms with van der Waals surface area (Å²) in [6.45, 7) is 3.72. The minimum atomic E-state index is -2.18. The minimum Gasteiger partial charge on any atom is -0.508 e. The number of likely N-dealkylation sites (N-methyl/N-ethyl adjacent to an activating group) is 1. The van der Waals surface area contributed by atoms with Crippen LogP contribution in [0.15, 0.2) is 78.9 Å². The van der Waals surface area contributed by atoms with Crippen molar-refractivity contribution in [1.29, 1.82) is 0 Å². The maximum Gasteiger partial charge on any atom is 0.330 e. The van der Waals surface area contributed by atoms with Crippen LogP contribution in [0.25, 0.3) is 11.1 Å². The van der Waals surface area contributed by atoms with Crippen LogP contribution in [-0.4, -0.2) is 114 Å². The van der Waals surface area contributed by atoms with E-state index in [1.807, 2.05) is 13.8 Å². The van der Waals surface area contributed by atoms with E-state index in [9.17, 15) is 69.3 Å². The Morgan fingerprint density at radius 1 is 0.662 bits per heavy atom. The molecule has 0 spiro atoms. The Hall–Kier alpha value is -8.88. The molecular weight excluding hydrogens is 1090 g/mol. The number of quaternary nitrogens is 1. The Kier molecular flexibility index (Phi) is 16.6. The normalized spacial score (nSPS) is 22.4. The predicted molar refractivity (Wildman–Crippen MR) is 279 cm³/mol. The number of benzene rings is 5. The Morgan fingerprint density at radius 3 is 1.81 bits per heavy atom. The number of nitrogens with two attached hydrogens (primary N) is 2. The highest BCUT2D eigenvalue weighted by atomic mass is 35.5. The molecule has 9 unspecified atom stereocenters. The first-order valence-electron chi connectivity index (χ1n) is 24.5. The lowest BCUT2D eigenvalue weighted by atomic mass is 9.89. The van der Waals surface area contributed by atoms with Gasteiger partial charge in [0.05, 0.1) is 23.5 Å². The fourth-order valence-electron chi connectivity index (χ4n) is 9.42. The number of hydrogen-bond acceptors (Lipinski definition) is 16. The van der Waals surface area contributed by atoms with Crippen molar-refractivity contribution in [2.45, 2.75) is 81.2 Å². The molecule has 5 aromatic carbocycles. The smallest absolute Gasteiger partial charge is 0.330 e. The van der Waals surface area contributed by atoms with Crippen LogP contribution in [0.3, 0.4) is 0 Å². The van der Waals surface area contributed by atoms with E-state index in [4.69, 9.17) is 38.4 Å². The van der Waals surface area contributed by atoms with Gasteiger partial charge in [0.1, 0.15) is 71.2 Å². The van der Waals surface area contributed by atoms with Crippen molar-refractivity contribution < 1.29 is 88.9 Å². The van der Waals surface area contributed by atoms with Crippen LogP contribution in [0, 0.1) is 5.92 Å². The number of carbonyl (C=O) groups is 8. The number of carboxylic acid groups (broad SMARTS) is 1. The number of fused-ring (bicyclic) bond motifs is 15. The van der Waals surface area contributed by atoms with Crippen LogP contribution in [0.2, 0.25) is 10.0 Å². The van der Waals surface area contributed by atoms with Crippen LogP contribution in [-0.2, 0) is 38.4 Å². The van der Waals surface area contributed by atoms with Gasteiger partial charge < -0.3 is 88.2 Å². The Bertz CT molecular complexity index is 3380. The average molecular weight is 1140 g/mol. The van der Waals surface area contributed by atoms with Gasteiger partial charge >= 0.3 is 5.97 Å². The third-order valence-electron chi connectivity index (χ3n) is 13.4. The molecule has 80 heavy (non-hydrogen) atoms. The van der Waals surface area contributed by atoms with Gasteiger partial charge in [-0.25, -0.2) is 4.79 Å². The molecule has 27 heteroatoms. The van der Waals surface area contributed by atoms with Gasteiger partial charge in [-0.15, -0.1) is 0 Å². The summed E-state index contributed by atoms with van der Waals surface area (Å²) in [4.78, 5) is 114. The van der Waals surface area contributed by atoms with E-state index >= 15 is 4.79 Å². The van der Waals surface area contributed by atoms with E-state index in [1.165, 1.54) is 30.3 Å². The first-order valence-corrected chi connectivity index (χ1v) is 25.3. The number of primary amides is 1. The number of aliphatic carboxylic acids is 1. The quantitative estimate of drug-likeness (QED) is 0.104. The molecule has 5 aromatic rings. The number of halogens is 2. The number of phenolic OH excluding ortho intramolecular Hbond substituents is 4. The van der Waals surface area contributed by atoms with E-state index in [0.29, 0.717) is 6.42 Å². The zero-order chi connectivity index (χ0) is 58.2. The molecule has 9 atom stereocenters. The molecule has 5 aliphatic rings. The lowest BCUT2D eigenvalue weighted by Gasteiger charge is -2.31. The number of hydrogen-bond donors (Lipinski definition) is 15. The van der Waals surface area contributed by atoms with E-state index < -0.39 is 159 Å². The van der Waals surface area contributed by atoms with Crippen molar-refractivity contribution in [2.24, 2.45) is 11.7 Å². The molecule has 11 bridgehead atoms. The third kappa shape index (κ3) is 11.9. The summed E-state index contributed by atoms with van der Waals surface area (Å²) < 4.78 is 12.2. The van der Waals surface area contributed by atoms with Gasteiger partial charge in [-0.1, -0.05) is 55.2 Å². The summed E-state index contributed by atoms with van der Waals surface area (Å²) in [5.74, 6) is -14.8. The molecule has 0 aromatic heterocycles. The number of nitrogens with one attached hydrogen (secondary N) is 6. The zero-order valence-electron chi connectivity index (χ0n) is 42.3. The van der Waals surface area contributed by atoms with E-state index in [-0.39, 0.29) is 49.7 Å². The number of aromatic hydroxyl groups is 4. The third-order valence-corrected chi connectivity index (χ3v) is 14.0. The zero-order valence-corrected chi connectivity index (χ0v) is 43.8. The molecule has 420 valence electrons. The molecule has 5 aliphatic heterocycles. The number of aliphatic hydroxyl groups is 2. The minimum absolute atomic E-state index is 0.00376. The molecule has 5 heterocycles. The van der Waals surface area contributed by atoms with Crippen LogP contribution in [0.1, 0.15) is 84.8 Å². The predicted octanol–water partition coefficient (Wildman–Crippen LogP) is 1.37. The van der Waals surface area contributed by atoms with Gasteiger partial charge in [0.25, 0.3) is 5.91 Å². The topological polar surface area (TPSA) is 411 Å². The Balaban J connectivity index is 1.36. The maximum absolute atomic E-state index is 15.4. The van der Waals surface area contributed by atoms with Gasteiger partial charge in [-0.3, -0.25) is 33.6 Å². The Labute approximate surface area is 463 Å². The second kappa shape index (κ2) is 23.2. The monoisotopic (exact) mass is 1140 g/mol. The molecule has 0 aliphatic carbocycles. The summed E-state index contributed by atoms with van der Waals surface area (Å²) in [5, 5.41) is 94.9. The van der Waals surface area contributed by atoms with Crippen LogP contribution in [0.5, 0.6) is 46.0 Å². The molecule has 10 rings (SSSR count). The summed E-state index contributed by atoms with van der Waals surface area (Å²) in [6.07, 6.45) is -4.69. The fraction of sp³-hybridized carbons (Fsp3) is 0.283. The molecular formula is C53H53Cl2N8O17+. The van der Waals surface area contributed by atoms with Crippen LogP contribution >= 0.6 is 23.2 Å². The number of ether oxygens (including phenoxy) is 2. The lowest BCUT2D eigenvalue weighted by Crippen LogP contribution is -2.89. The molecule has 7 amide bonds. The SMILES string of the molecule is C[NH2+]C(CC(C)C)C(=O)NC1C(=O)NC(CC(N)=O)C(=O)NC2C(=O)NC3C(=O)NC(C(=O)NC(C(=O)O)c4cc(O)cc(O)c4-c4cc3ccc4O)C(O)c3ccc(c(Cl)c3)Oc3cc2cc(c3O)Oc2ccc(cc2Cl)C1O. The summed E-state index contributed by atoms with van der Waals surface area (Å²) in [6, 6.07) is 0.780. The summed E-state index contributed by atoms with van der Waals surface area (Å²) >= 11 is 13.5. The van der Waals surface area contributed by atoms with E-state index in [0.717, 1.165) is 48.5 Å². The van der Waals surface area contributed by atoms with Gasteiger partial charge in [-0.2, -0.15) is 0 Å². The molecule has 0 radical (unpaired) electrons. The average Bonchev–Trinajstić information content (AvgIpc) is 3.39. The standard InChI is InChI=1S/C53H52Cl2N8O17/c1-19(2)10-29(57-3)47(71)62-42-44(68)21-5-8-33(27(54)12-21)79-35-14-23-15-36(46(35)70)80-34-9-6-22(13-28(34)55)45(69)43-52(76)61-41(53(77)78)26-16-24(64)17-32(66)38(26)25-11-20(4-7-31(25)65)39(49(73)63-43)60-50(74)40(23)59-48(72)30(18-37(56)67)58-51(42)75/h4-9,11-17,19,29-30,39-45,57,64-66,68-70H,10,18H2,1-3H3,(H2,56,67)(H,58,75)(H,59,72)(H,60,74)(H,61,76)(H,62,71)(H,63,73)(H,77,78)/p+1. The molecule has 0 saturated heterocycles. The van der Waals surface area contributed by atoms with Gasteiger partial charge in [0.2, 0.25) is 41.2 Å². The number of phenols is 4. The number of carbonyl (C=O) groups excluding carboxylic acids is 7. The highest BCUT2D eigenvalue weighted by Crippen LogP contribution is 2.47. The second-order valence-corrected chi connectivity index (χ2v) is 20.3. The highest BCUT2D eigenvalue weighted by molar-refractivity contribution is 6.32. The van der Waals surface area contributed by atoms with Gasteiger partial charge in [0, 0.05) is 29.2 Å². The lowest BCUT2D eigenvalue weighted by molar-refractivity contribution is -0.651. The highest BCUT2D eigenvalue weighted by Gasteiger charge is 2.42. The number of aliphatic hydroxyl groups excluding tert-OH is 2. The van der Waals surface area contributed by atoms with Crippen molar-refractivity contribution in [3.63, 3.8) is 0 Å². The summed E-state index contributed by atoms with van der Waals surface area (Å²) in [7, 11) is 1.62. The van der Waals surface area contributed by atoms with E-state index in [1.54, 1.807) is 12.4 Å². The van der Waals surface area contributed by atoms with Crippen molar-refractivity contribution in [3.8, 4) is 57.1 Å². The van der Waals surface area contributed by atoms with Crippen molar-refractivity contribution >= 4 is 70.5 Å². The van der Waals surface area contributed by atoms with Crippen LogP contribution in [0.4, 0.5) is 0 Å². The van der Waals surface area contributed by atoms with E-state index in [2.05, 4.69) is 31.9 Å². The Morgan fingerprint density at radius 2 is 1.24 bits per heavy atom. The van der Waals surface area contributed by atoms with Crippen molar-refractivity contribution in [3.05, 3.63) is 117 Å². The first-order chi connectivity index (χ1) is 37.8. The molecule has 17 N–H and O–H groups in total. The maximum atomic E-state index is 15.4. The summed E-state index contributed by atoms with van der Waals surface area (Å²) in [5.41, 5.74) is 3.33. The van der Waals surface area contributed by atoms with Crippen molar-refractivity contribution in [2.75, 3.05) is 7.05 Å². The van der Waals surface area contributed by atoms with Crippen LogP contribution < -0.4 is 52.4 Å². The fourth-order valence-corrected chi connectivity index (χ4v) is 9.88. The van der Waals surface area contributed by atoms with Gasteiger partial charge in [-0.05, 0) is 82.8 Å². The molecule has 0 fully saturated rings.